The van der Waals surface area contributed by atoms with Crippen LogP contribution in [0.1, 0.15) is 30.4 Å². The zero-order valence-electron chi connectivity index (χ0n) is 20.4. The number of carbonyl (C=O) groups is 2. The number of rotatable bonds is 9. The van der Waals surface area contributed by atoms with E-state index in [1.807, 2.05) is 36.4 Å². The van der Waals surface area contributed by atoms with Crippen LogP contribution in [0.3, 0.4) is 0 Å². The number of nitrogens with one attached hydrogen (secondary N) is 4. The normalized spacial score (nSPS) is 22.5. The summed E-state index contributed by atoms with van der Waals surface area (Å²) in [5.74, 6) is 0.848. The number of anilines is 1. The van der Waals surface area contributed by atoms with Crippen LogP contribution >= 0.6 is 0 Å². The molecule has 0 bridgehead atoms. The van der Waals surface area contributed by atoms with Crippen LogP contribution in [0.4, 0.5) is 5.69 Å². The van der Waals surface area contributed by atoms with Gasteiger partial charge in [0.2, 0.25) is 5.91 Å². The Kier molecular flexibility index (Phi) is 8.57. The molecule has 2 saturated heterocycles. The van der Waals surface area contributed by atoms with E-state index in [0.717, 1.165) is 30.1 Å². The molecule has 0 radical (unpaired) electrons. The molecule has 9 heteroatoms. The Bertz CT molecular complexity index is 974. The highest BCUT2D eigenvalue weighted by Crippen LogP contribution is 2.21. The van der Waals surface area contributed by atoms with Gasteiger partial charge in [-0.05, 0) is 42.3 Å². The van der Waals surface area contributed by atoms with Gasteiger partial charge in [-0.25, -0.2) is 0 Å². The molecule has 2 fully saturated rings. The lowest BCUT2D eigenvalue weighted by Gasteiger charge is -2.33. The van der Waals surface area contributed by atoms with Gasteiger partial charge in [-0.3, -0.25) is 20.2 Å². The first kappa shape index (κ1) is 25.0. The van der Waals surface area contributed by atoms with E-state index in [-0.39, 0.29) is 24.6 Å². The second-order valence-electron chi connectivity index (χ2n) is 8.84. The molecule has 2 aliphatic heterocycles. The quantitative estimate of drug-likeness (QED) is 0.401. The molecule has 2 aromatic carbocycles. The molecule has 1 atom stereocenters. The number of methoxy groups -OCH3 is 1. The van der Waals surface area contributed by atoms with Gasteiger partial charge in [0.25, 0.3) is 0 Å². The zero-order valence-corrected chi connectivity index (χ0v) is 20.4. The maximum atomic E-state index is 12.8. The first-order valence-electron chi connectivity index (χ1n) is 12.2. The van der Waals surface area contributed by atoms with Crippen molar-refractivity contribution < 1.29 is 19.1 Å². The summed E-state index contributed by atoms with van der Waals surface area (Å²) in [5, 5.41) is 13.6. The first-order chi connectivity index (χ1) is 17.1. The van der Waals surface area contributed by atoms with Gasteiger partial charge in [0.1, 0.15) is 12.0 Å². The number of esters is 1. The van der Waals surface area contributed by atoms with E-state index in [1.165, 1.54) is 5.56 Å². The van der Waals surface area contributed by atoms with Crippen LogP contribution in [-0.2, 0) is 20.9 Å². The predicted molar refractivity (Wildman–Crippen MR) is 134 cm³/mol. The molecular weight excluding hydrogens is 446 g/mol. The predicted octanol–water partition coefficient (Wildman–Crippen LogP) is 1.62. The number of ether oxygens (including phenoxy) is 2. The standard InChI is InChI=1S/C26H35N5O4/c1-3-35-24(32)14-23-25(33)31(13-12-27-23)17-18-4-8-21(9-5-18)30-26-28-15-20(16-29-26)19-6-10-22(34-2)11-7-19/h4-11,20,23,26-30H,3,12-17H2,1-2H3. The van der Waals surface area contributed by atoms with Crippen molar-refractivity contribution in [2.75, 3.05) is 45.2 Å². The monoisotopic (exact) mass is 481 g/mol. The van der Waals surface area contributed by atoms with Crippen LogP contribution in [0.5, 0.6) is 5.75 Å². The summed E-state index contributed by atoms with van der Waals surface area (Å²) in [7, 11) is 1.68. The molecule has 4 N–H and O–H groups in total. The lowest BCUT2D eigenvalue weighted by molar-refractivity contribution is -0.148. The summed E-state index contributed by atoms with van der Waals surface area (Å²) in [6.07, 6.45) is 0.0425. The molecule has 2 heterocycles. The lowest BCUT2D eigenvalue weighted by atomic mass is 9.97. The summed E-state index contributed by atoms with van der Waals surface area (Å²) >= 11 is 0. The topological polar surface area (TPSA) is 104 Å². The fourth-order valence-corrected chi connectivity index (χ4v) is 4.47. The minimum atomic E-state index is -0.520. The fraction of sp³-hybridized carbons (Fsp3) is 0.462. The maximum Gasteiger partial charge on any atom is 0.307 e. The van der Waals surface area contributed by atoms with Crippen LogP contribution in [0.2, 0.25) is 0 Å². The van der Waals surface area contributed by atoms with Gasteiger partial charge in [0.15, 0.2) is 0 Å². The zero-order chi connectivity index (χ0) is 24.6. The molecule has 0 saturated carbocycles. The van der Waals surface area contributed by atoms with Crippen molar-refractivity contribution in [3.8, 4) is 5.75 Å². The van der Waals surface area contributed by atoms with Crippen molar-refractivity contribution in [1.29, 1.82) is 0 Å². The van der Waals surface area contributed by atoms with Crippen LogP contribution in [0, 0.1) is 0 Å². The van der Waals surface area contributed by atoms with Gasteiger partial charge in [-0.2, -0.15) is 0 Å². The van der Waals surface area contributed by atoms with E-state index in [4.69, 9.17) is 9.47 Å². The van der Waals surface area contributed by atoms with Crippen molar-refractivity contribution in [3.05, 3.63) is 59.7 Å². The molecule has 4 rings (SSSR count). The van der Waals surface area contributed by atoms with Crippen molar-refractivity contribution in [1.82, 2.24) is 20.9 Å². The number of nitrogens with zero attached hydrogens (tertiary/aromatic N) is 1. The van der Waals surface area contributed by atoms with E-state index in [0.29, 0.717) is 32.2 Å². The van der Waals surface area contributed by atoms with E-state index in [2.05, 4.69) is 33.4 Å². The second-order valence-corrected chi connectivity index (χ2v) is 8.84. The first-order valence-corrected chi connectivity index (χ1v) is 12.2. The Labute approximate surface area is 206 Å². The van der Waals surface area contributed by atoms with Crippen LogP contribution in [0.15, 0.2) is 48.5 Å². The van der Waals surface area contributed by atoms with Crippen molar-refractivity contribution >= 4 is 17.6 Å². The Morgan fingerprint density at radius 3 is 2.43 bits per heavy atom. The molecule has 1 amide bonds. The molecule has 0 aromatic heterocycles. The van der Waals surface area contributed by atoms with E-state index in [1.54, 1.807) is 18.9 Å². The highest BCUT2D eigenvalue weighted by atomic mass is 16.5. The molecule has 1 unspecified atom stereocenters. The van der Waals surface area contributed by atoms with Gasteiger partial charge in [0.05, 0.1) is 26.2 Å². The summed E-state index contributed by atoms with van der Waals surface area (Å²) < 4.78 is 10.2. The molecule has 9 nitrogen and oxygen atoms in total. The van der Waals surface area contributed by atoms with Gasteiger partial charge in [0, 0.05) is 44.3 Å². The average Bonchev–Trinajstić information content (AvgIpc) is 2.88. The Balaban J connectivity index is 1.24. The molecule has 0 spiro atoms. The minimum Gasteiger partial charge on any atom is -0.497 e. The third-order valence-corrected chi connectivity index (χ3v) is 6.42. The molecule has 2 aliphatic rings. The highest BCUT2D eigenvalue weighted by molar-refractivity contribution is 5.87. The average molecular weight is 482 g/mol. The van der Waals surface area contributed by atoms with E-state index in [9.17, 15) is 9.59 Å². The summed E-state index contributed by atoms with van der Waals surface area (Å²) in [5.41, 5.74) is 3.32. The number of piperazine rings is 1. The SMILES string of the molecule is CCOC(=O)CC1NCCN(Cc2ccc(NC3NCC(c4ccc(OC)cc4)CN3)cc2)C1=O. The summed E-state index contributed by atoms with van der Waals surface area (Å²) in [6, 6.07) is 15.8. The van der Waals surface area contributed by atoms with Crippen LogP contribution < -0.4 is 26.0 Å². The van der Waals surface area contributed by atoms with Crippen molar-refractivity contribution in [3.63, 3.8) is 0 Å². The summed E-state index contributed by atoms with van der Waals surface area (Å²) in [4.78, 5) is 26.4. The largest absolute Gasteiger partial charge is 0.497 e. The van der Waals surface area contributed by atoms with Crippen LogP contribution in [0.25, 0.3) is 0 Å². The van der Waals surface area contributed by atoms with E-state index < -0.39 is 6.04 Å². The molecular formula is C26H35N5O4. The van der Waals surface area contributed by atoms with Gasteiger partial charge >= 0.3 is 5.97 Å². The van der Waals surface area contributed by atoms with Crippen molar-refractivity contribution in [2.45, 2.75) is 38.1 Å². The third kappa shape index (κ3) is 6.72. The van der Waals surface area contributed by atoms with Crippen LogP contribution in [-0.4, -0.2) is 69.0 Å². The lowest BCUT2D eigenvalue weighted by Crippen LogP contribution is -2.55. The van der Waals surface area contributed by atoms with Gasteiger partial charge in [-0.15, -0.1) is 0 Å². The van der Waals surface area contributed by atoms with E-state index >= 15 is 0 Å². The molecule has 2 aromatic rings. The Morgan fingerprint density at radius 1 is 1.06 bits per heavy atom. The second kappa shape index (κ2) is 12.0. The molecule has 0 aliphatic carbocycles. The Morgan fingerprint density at radius 2 is 1.77 bits per heavy atom. The highest BCUT2D eigenvalue weighted by Gasteiger charge is 2.30. The minimum absolute atomic E-state index is 0.0197. The number of benzene rings is 2. The number of amides is 1. The fourth-order valence-electron chi connectivity index (χ4n) is 4.47. The molecule has 35 heavy (non-hydrogen) atoms. The Hall–Kier alpha value is -3.14. The molecule has 188 valence electrons. The van der Waals surface area contributed by atoms with Gasteiger partial charge in [-0.1, -0.05) is 24.3 Å². The van der Waals surface area contributed by atoms with Gasteiger partial charge < -0.3 is 25.0 Å². The number of carbonyl (C=O) groups excluding carboxylic acids is 2. The van der Waals surface area contributed by atoms with Crippen molar-refractivity contribution in [2.24, 2.45) is 0 Å². The summed E-state index contributed by atoms with van der Waals surface area (Å²) in [6.45, 7) is 5.61. The number of hydrogen-bond acceptors (Lipinski definition) is 8. The number of hydrogen-bond donors (Lipinski definition) is 4. The maximum absolute atomic E-state index is 12.8. The smallest absolute Gasteiger partial charge is 0.307 e. The third-order valence-electron chi connectivity index (χ3n) is 6.42.